The number of para-hydroxylation sites is 1. The van der Waals surface area contributed by atoms with Crippen LogP contribution < -0.4 is 4.74 Å². The van der Waals surface area contributed by atoms with Gasteiger partial charge in [0.1, 0.15) is 5.75 Å². The van der Waals surface area contributed by atoms with Gasteiger partial charge in [-0.05, 0) is 12.1 Å². The minimum absolute atomic E-state index is 0.249. The molecule has 0 aromatic heterocycles. The first-order valence-electron chi connectivity index (χ1n) is 3.88. The van der Waals surface area contributed by atoms with Crippen LogP contribution in [0, 0.1) is 0 Å². The van der Waals surface area contributed by atoms with E-state index in [4.69, 9.17) is 4.74 Å². The Hall–Kier alpha value is -1.51. The lowest BCUT2D eigenvalue weighted by atomic mass is 10.3. The number of carbonyl (C=O) groups excluding carboxylic acids is 1. The van der Waals surface area contributed by atoms with E-state index >= 15 is 0 Å². The topological polar surface area (TPSA) is 29.3 Å². The molecule has 1 aliphatic rings. The zero-order valence-electron chi connectivity index (χ0n) is 6.56. The van der Waals surface area contributed by atoms with Crippen LogP contribution in [0.4, 0.5) is 4.79 Å². The van der Waals surface area contributed by atoms with E-state index < -0.39 is 0 Å². The summed E-state index contributed by atoms with van der Waals surface area (Å²) in [6, 6.07) is 9.09. The molecule has 3 heteroatoms. The number of nitrogens with zero attached hydrogens (tertiary/aromatic N) is 1. The number of hydrogen-bond acceptors (Lipinski definition) is 2. The van der Waals surface area contributed by atoms with Crippen molar-refractivity contribution in [1.29, 1.82) is 0 Å². The summed E-state index contributed by atoms with van der Waals surface area (Å²) in [4.78, 5) is 12.7. The predicted molar refractivity (Wildman–Crippen MR) is 44.0 cm³/mol. The van der Waals surface area contributed by atoms with Crippen LogP contribution in [0.1, 0.15) is 0 Å². The van der Waals surface area contributed by atoms with Crippen LogP contribution in [-0.4, -0.2) is 24.1 Å². The Kier molecular flexibility index (Phi) is 1.70. The summed E-state index contributed by atoms with van der Waals surface area (Å²) in [7, 11) is 0. The molecule has 1 saturated heterocycles. The van der Waals surface area contributed by atoms with Crippen molar-refractivity contribution in [3.05, 3.63) is 30.3 Å². The van der Waals surface area contributed by atoms with Crippen molar-refractivity contribution in [3.8, 4) is 5.75 Å². The van der Waals surface area contributed by atoms with Gasteiger partial charge in [0.05, 0.1) is 0 Å². The van der Waals surface area contributed by atoms with E-state index in [1.165, 1.54) is 0 Å². The third-order valence-corrected chi connectivity index (χ3v) is 1.65. The summed E-state index contributed by atoms with van der Waals surface area (Å²) in [5.74, 6) is 0.606. The Morgan fingerprint density at radius 3 is 2.50 bits per heavy atom. The summed E-state index contributed by atoms with van der Waals surface area (Å²) in [5.41, 5.74) is 0. The molecule has 1 aliphatic heterocycles. The standard InChI is InChI=1S/C9H9NO2/c11-9(10-6-7-10)12-8-4-2-1-3-5-8/h1-5H,6-7H2. The van der Waals surface area contributed by atoms with Gasteiger partial charge in [-0.2, -0.15) is 0 Å². The van der Waals surface area contributed by atoms with Gasteiger partial charge in [-0.1, -0.05) is 18.2 Å². The van der Waals surface area contributed by atoms with E-state index in [2.05, 4.69) is 0 Å². The SMILES string of the molecule is O=C(Oc1ccccc1)N1CC1. The Balaban J connectivity index is 1.98. The first-order valence-corrected chi connectivity index (χ1v) is 3.88. The third-order valence-electron chi connectivity index (χ3n) is 1.65. The largest absolute Gasteiger partial charge is 0.415 e. The molecule has 0 aliphatic carbocycles. The molecule has 1 aromatic rings. The Bertz CT molecular complexity index is 280. The molecule has 1 heterocycles. The van der Waals surface area contributed by atoms with Crippen molar-refractivity contribution in [2.75, 3.05) is 13.1 Å². The van der Waals surface area contributed by atoms with Crippen LogP contribution in [-0.2, 0) is 0 Å². The molecular formula is C9H9NO2. The summed E-state index contributed by atoms with van der Waals surface area (Å²) in [6.45, 7) is 1.65. The molecule has 0 atom stereocenters. The van der Waals surface area contributed by atoms with Gasteiger partial charge in [0.25, 0.3) is 0 Å². The number of ether oxygens (including phenoxy) is 1. The van der Waals surface area contributed by atoms with E-state index in [1.807, 2.05) is 18.2 Å². The van der Waals surface area contributed by atoms with E-state index in [-0.39, 0.29) is 6.09 Å². The van der Waals surface area contributed by atoms with Crippen molar-refractivity contribution in [2.24, 2.45) is 0 Å². The highest BCUT2D eigenvalue weighted by Crippen LogP contribution is 2.13. The molecule has 0 saturated carbocycles. The van der Waals surface area contributed by atoms with E-state index in [0.717, 1.165) is 13.1 Å². The fraction of sp³-hybridized carbons (Fsp3) is 0.222. The fourth-order valence-corrected chi connectivity index (χ4v) is 0.886. The second kappa shape index (κ2) is 2.85. The minimum Gasteiger partial charge on any atom is -0.410 e. The normalized spacial score (nSPS) is 14.2. The highest BCUT2D eigenvalue weighted by Gasteiger charge is 2.25. The van der Waals surface area contributed by atoms with Crippen LogP contribution >= 0.6 is 0 Å². The van der Waals surface area contributed by atoms with Crippen LogP contribution in [0.15, 0.2) is 30.3 Å². The third kappa shape index (κ3) is 1.56. The Morgan fingerprint density at radius 1 is 1.25 bits per heavy atom. The van der Waals surface area contributed by atoms with Crippen molar-refractivity contribution in [1.82, 2.24) is 4.90 Å². The molecular weight excluding hydrogens is 154 g/mol. The summed E-state index contributed by atoms with van der Waals surface area (Å²) in [5, 5.41) is 0. The van der Waals surface area contributed by atoms with E-state index in [0.29, 0.717) is 5.75 Å². The second-order valence-corrected chi connectivity index (χ2v) is 2.67. The lowest BCUT2D eigenvalue weighted by Crippen LogP contribution is -2.15. The smallest absolute Gasteiger partial charge is 0.410 e. The second-order valence-electron chi connectivity index (χ2n) is 2.67. The van der Waals surface area contributed by atoms with Crippen LogP contribution in [0.5, 0.6) is 5.75 Å². The average molecular weight is 163 g/mol. The maximum atomic E-state index is 11.1. The molecule has 0 radical (unpaired) electrons. The molecule has 2 rings (SSSR count). The van der Waals surface area contributed by atoms with Gasteiger partial charge in [0.15, 0.2) is 0 Å². The Labute approximate surface area is 70.6 Å². The lowest BCUT2D eigenvalue weighted by Gasteiger charge is -2.02. The maximum Gasteiger partial charge on any atom is 0.415 e. The zero-order chi connectivity index (χ0) is 8.39. The molecule has 0 bridgehead atoms. The molecule has 1 amide bonds. The molecule has 3 nitrogen and oxygen atoms in total. The van der Waals surface area contributed by atoms with E-state index in [1.54, 1.807) is 17.0 Å². The summed E-state index contributed by atoms with van der Waals surface area (Å²) < 4.78 is 5.03. The van der Waals surface area contributed by atoms with Gasteiger partial charge < -0.3 is 9.64 Å². The molecule has 0 N–H and O–H groups in total. The van der Waals surface area contributed by atoms with Gasteiger partial charge >= 0.3 is 6.09 Å². The number of rotatable bonds is 1. The summed E-state index contributed by atoms with van der Waals surface area (Å²) >= 11 is 0. The van der Waals surface area contributed by atoms with Crippen LogP contribution in [0.25, 0.3) is 0 Å². The van der Waals surface area contributed by atoms with Crippen molar-refractivity contribution in [3.63, 3.8) is 0 Å². The highest BCUT2D eigenvalue weighted by molar-refractivity contribution is 5.72. The highest BCUT2D eigenvalue weighted by atomic mass is 16.6. The van der Waals surface area contributed by atoms with E-state index in [9.17, 15) is 4.79 Å². The molecule has 12 heavy (non-hydrogen) atoms. The molecule has 62 valence electrons. The van der Waals surface area contributed by atoms with Gasteiger partial charge in [0.2, 0.25) is 0 Å². The van der Waals surface area contributed by atoms with Gasteiger partial charge in [0, 0.05) is 13.1 Å². The number of benzene rings is 1. The first kappa shape index (κ1) is 7.16. The van der Waals surface area contributed by atoms with Gasteiger partial charge in [-0.25, -0.2) is 4.79 Å². The molecule has 0 spiro atoms. The zero-order valence-corrected chi connectivity index (χ0v) is 6.56. The van der Waals surface area contributed by atoms with Crippen molar-refractivity contribution >= 4 is 6.09 Å². The minimum atomic E-state index is -0.249. The number of carbonyl (C=O) groups is 1. The number of hydrogen-bond donors (Lipinski definition) is 0. The lowest BCUT2D eigenvalue weighted by molar-refractivity contribution is 0.186. The predicted octanol–water partition coefficient (Wildman–Crippen LogP) is 1.50. The monoisotopic (exact) mass is 163 g/mol. The van der Waals surface area contributed by atoms with Crippen LogP contribution in [0.3, 0.4) is 0 Å². The van der Waals surface area contributed by atoms with Gasteiger partial charge in [-0.15, -0.1) is 0 Å². The quantitative estimate of drug-likeness (QED) is 0.587. The molecule has 0 unspecified atom stereocenters. The maximum absolute atomic E-state index is 11.1. The molecule has 1 aromatic carbocycles. The molecule has 1 fully saturated rings. The number of amides is 1. The Morgan fingerprint density at radius 2 is 1.92 bits per heavy atom. The van der Waals surface area contributed by atoms with Crippen molar-refractivity contribution < 1.29 is 9.53 Å². The fourth-order valence-electron chi connectivity index (χ4n) is 0.886. The summed E-state index contributed by atoms with van der Waals surface area (Å²) in [6.07, 6.45) is -0.249. The van der Waals surface area contributed by atoms with Crippen molar-refractivity contribution in [2.45, 2.75) is 0 Å². The van der Waals surface area contributed by atoms with Gasteiger partial charge in [-0.3, -0.25) is 0 Å². The average Bonchev–Trinajstić information content (AvgIpc) is 2.88. The van der Waals surface area contributed by atoms with Crippen LogP contribution in [0.2, 0.25) is 0 Å². The first-order chi connectivity index (χ1) is 5.86.